The third kappa shape index (κ3) is 4.62. The Morgan fingerprint density at radius 3 is 2.32 bits per heavy atom. The lowest BCUT2D eigenvalue weighted by Crippen LogP contribution is -2.40. The molecular formula is C15H30N4. The van der Waals surface area contributed by atoms with E-state index in [2.05, 4.69) is 61.5 Å². The van der Waals surface area contributed by atoms with Crippen LogP contribution < -0.4 is 5.32 Å². The second-order valence-electron chi connectivity index (χ2n) is 5.36. The maximum atomic E-state index is 4.57. The van der Waals surface area contributed by atoms with E-state index in [1.807, 2.05) is 0 Å². The fraction of sp³-hybridized carbons (Fsp3) is 0.800. The first kappa shape index (κ1) is 16.2. The Hall–Kier alpha value is -0.870. The Labute approximate surface area is 118 Å². The van der Waals surface area contributed by atoms with Crippen molar-refractivity contribution in [2.75, 3.05) is 26.2 Å². The molecule has 0 aliphatic rings. The lowest BCUT2D eigenvalue weighted by Gasteiger charge is -2.23. The van der Waals surface area contributed by atoms with Gasteiger partial charge in [-0.2, -0.15) is 5.10 Å². The Morgan fingerprint density at radius 1 is 1.21 bits per heavy atom. The summed E-state index contributed by atoms with van der Waals surface area (Å²) in [5.41, 5.74) is 3.75. The zero-order valence-corrected chi connectivity index (χ0v) is 13.5. The molecule has 0 spiro atoms. The van der Waals surface area contributed by atoms with Gasteiger partial charge < -0.3 is 10.2 Å². The predicted molar refractivity (Wildman–Crippen MR) is 81.7 cm³/mol. The molecule has 4 nitrogen and oxygen atoms in total. The van der Waals surface area contributed by atoms with Crippen LogP contribution in [0.5, 0.6) is 0 Å². The lowest BCUT2D eigenvalue weighted by molar-refractivity contribution is 0.270. The largest absolute Gasteiger partial charge is 0.311 e. The smallest absolute Gasteiger partial charge is 0.0625 e. The number of rotatable bonds is 8. The van der Waals surface area contributed by atoms with Gasteiger partial charge >= 0.3 is 0 Å². The molecule has 1 aromatic heterocycles. The zero-order chi connectivity index (χ0) is 14.4. The van der Waals surface area contributed by atoms with Crippen molar-refractivity contribution in [3.8, 4) is 0 Å². The lowest BCUT2D eigenvalue weighted by atomic mass is 10.2. The maximum absolute atomic E-state index is 4.57. The number of hydrogen-bond acceptors (Lipinski definition) is 3. The first-order chi connectivity index (χ1) is 8.99. The normalized spacial score (nSPS) is 13.2. The molecule has 0 aliphatic heterocycles. The van der Waals surface area contributed by atoms with E-state index in [4.69, 9.17) is 0 Å². The molecule has 1 N–H and O–H groups in total. The van der Waals surface area contributed by atoms with E-state index in [1.54, 1.807) is 0 Å². The van der Waals surface area contributed by atoms with Gasteiger partial charge in [-0.05, 0) is 46.3 Å². The van der Waals surface area contributed by atoms with Crippen LogP contribution in [0.25, 0.3) is 0 Å². The quantitative estimate of drug-likeness (QED) is 0.782. The topological polar surface area (TPSA) is 33.1 Å². The van der Waals surface area contributed by atoms with E-state index < -0.39 is 0 Å². The summed E-state index contributed by atoms with van der Waals surface area (Å²) in [7, 11) is 0. The zero-order valence-electron chi connectivity index (χ0n) is 13.5. The summed E-state index contributed by atoms with van der Waals surface area (Å²) in [6.45, 7) is 18.3. The molecule has 1 aromatic rings. The second-order valence-corrected chi connectivity index (χ2v) is 5.36. The van der Waals surface area contributed by atoms with Gasteiger partial charge in [0.25, 0.3) is 0 Å². The molecule has 0 aliphatic carbocycles. The van der Waals surface area contributed by atoms with Gasteiger partial charge in [-0.15, -0.1) is 0 Å². The van der Waals surface area contributed by atoms with Gasteiger partial charge in [-0.25, -0.2) is 0 Å². The van der Waals surface area contributed by atoms with Crippen LogP contribution in [0, 0.1) is 20.8 Å². The van der Waals surface area contributed by atoms with Gasteiger partial charge in [0.15, 0.2) is 0 Å². The van der Waals surface area contributed by atoms with E-state index >= 15 is 0 Å². The summed E-state index contributed by atoms with van der Waals surface area (Å²) >= 11 is 0. The first-order valence-corrected chi connectivity index (χ1v) is 7.45. The molecule has 110 valence electrons. The maximum Gasteiger partial charge on any atom is 0.0625 e. The Bertz CT molecular complexity index is 380. The summed E-state index contributed by atoms with van der Waals surface area (Å²) < 4.78 is 2.11. The molecule has 0 aromatic carbocycles. The van der Waals surface area contributed by atoms with Crippen molar-refractivity contribution in [2.45, 2.75) is 54.1 Å². The number of likely N-dealkylation sites (N-methyl/N-ethyl adjacent to an activating group) is 1. The number of nitrogens with zero attached hydrogens (tertiary/aromatic N) is 3. The molecule has 0 bridgehead atoms. The third-order valence-electron chi connectivity index (χ3n) is 3.99. The van der Waals surface area contributed by atoms with Crippen LogP contribution in [0.3, 0.4) is 0 Å². The molecule has 0 saturated carbocycles. The minimum atomic E-state index is 0.526. The standard InChI is InChI=1S/C15H30N4/c1-7-18(8-2)11-12(3)16-9-10-19-15(6)13(4)14(5)17-19/h12,16H,7-11H2,1-6H3/t12-/m0/s1. The van der Waals surface area contributed by atoms with Crippen molar-refractivity contribution in [1.29, 1.82) is 0 Å². The molecule has 1 rings (SSSR count). The molecule has 0 amide bonds. The van der Waals surface area contributed by atoms with Gasteiger partial charge in [-0.3, -0.25) is 4.68 Å². The van der Waals surface area contributed by atoms with Crippen molar-refractivity contribution >= 4 is 0 Å². The fourth-order valence-corrected chi connectivity index (χ4v) is 2.35. The average Bonchev–Trinajstić information content (AvgIpc) is 2.63. The number of aryl methyl sites for hydroxylation is 1. The summed E-state index contributed by atoms with van der Waals surface area (Å²) in [5, 5.41) is 8.15. The van der Waals surface area contributed by atoms with E-state index in [0.29, 0.717) is 6.04 Å². The summed E-state index contributed by atoms with van der Waals surface area (Å²) in [5.74, 6) is 0. The molecule has 0 saturated heterocycles. The highest BCUT2D eigenvalue weighted by molar-refractivity contribution is 5.22. The highest BCUT2D eigenvalue weighted by atomic mass is 15.3. The van der Waals surface area contributed by atoms with Gasteiger partial charge in [-0.1, -0.05) is 13.8 Å². The molecular weight excluding hydrogens is 236 g/mol. The molecule has 1 heterocycles. The van der Waals surface area contributed by atoms with E-state index in [0.717, 1.165) is 38.4 Å². The van der Waals surface area contributed by atoms with Crippen LogP contribution in [0.15, 0.2) is 0 Å². The molecule has 0 unspecified atom stereocenters. The second kappa shape index (κ2) is 7.65. The van der Waals surface area contributed by atoms with E-state index in [-0.39, 0.29) is 0 Å². The monoisotopic (exact) mass is 266 g/mol. The van der Waals surface area contributed by atoms with Gasteiger partial charge in [0.1, 0.15) is 0 Å². The van der Waals surface area contributed by atoms with Gasteiger partial charge in [0.2, 0.25) is 0 Å². The van der Waals surface area contributed by atoms with Crippen LogP contribution in [-0.4, -0.2) is 46.9 Å². The fourth-order valence-electron chi connectivity index (χ4n) is 2.35. The van der Waals surface area contributed by atoms with Crippen LogP contribution in [-0.2, 0) is 6.54 Å². The van der Waals surface area contributed by atoms with Gasteiger partial charge in [0.05, 0.1) is 12.2 Å². The highest BCUT2D eigenvalue weighted by Gasteiger charge is 2.08. The Morgan fingerprint density at radius 2 is 1.84 bits per heavy atom. The van der Waals surface area contributed by atoms with Crippen molar-refractivity contribution in [2.24, 2.45) is 0 Å². The van der Waals surface area contributed by atoms with Crippen molar-refractivity contribution in [3.63, 3.8) is 0 Å². The minimum absolute atomic E-state index is 0.526. The van der Waals surface area contributed by atoms with Crippen molar-refractivity contribution < 1.29 is 0 Å². The van der Waals surface area contributed by atoms with Crippen LogP contribution in [0.2, 0.25) is 0 Å². The summed E-state index contributed by atoms with van der Waals surface area (Å²) in [4.78, 5) is 2.45. The molecule has 4 heteroatoms. The van der Waals surface area contributed by atoms with Crippen LogP contribution >= 0.6 is 0 Å². The number of nitrogens with one attached hydrogen (secondary N) is 1. The van der Waals surface area contributed by atoms with Gasteiger partial charge in [0, 0.05) is 24.8 Å². The molecule has 19 heavy (non-hydrogen) atoms. The van der Waals surface area contributed by atoms with E-state index in [1.165, 1.54) is 11.3 Å². The van der Waals surface area contributed by atoms with Crippen LogP contribution in [0.1, 0.15) is 37.7 Å². The number of hydrogen-bond donors (Lipinski definition) is 1. The highest BCUT2D eigenvalue weighted by Crippen LogP contribution is 2.10. The summed E-state index contributed by atoms with van der Waals surface area (Å²) in [6.07, 6.45) is 0. The predicted octanol–water partition coefficient (Wildman–Crippen LogP) is 2.13. The minimum Gasteiger partial charge on any atom is -0.311 e. The van der Waals surface area contributed by atoms with Crippen molar-refractivity contribution in [3.05, 3.63) is 17.0 Å². The average molecular weight is 266 g/mol. The summed E-state index contributed by atoms with van der Waals surface area (Å²) in [6, 6.07) is 0.526. The Kier molecular flexibility index (Phi) is 6.52. The van der Waals surface area contributed by atoms with E-state index in [9.17, 15) is 0 Å². The van der Waals surface area contributed by atoms with Crippen molar-refractivity contribution in [1.82, 2.24) is 20.0 Å². The SMILES string of the molecule is CCN(CC)C[C@H](C)NCCn1nc(C)c(C)c1C. The molecule has 0 radical (unpaired) electrons. The Balaban J connectivity index is 2.35. The first-order valence-electron chi connectivity index (χ1n) is 7.45. The molecule has 0 fully saturated rings. The third-order valence-corrected chi connectivity index (χ3v) is 3.99. The molecule has 1 atom stereocenters. The van der Waals surface area contributed by atoms with Crippen LogP contribution in [0.4, 0.5) is 0 Å². The number of aromatic nitrogens is 2.